The van der Waals surface area contributed by atoms with Crippen molar-refractivity contribution in [3.05, 3.63) is 18.3 Å². The van der Waals surface area contributed by atoms with Gasteiger partial charge in [0.2, 0.25) is 0 Å². The summed E-state index contributed by atoms with van der Waals surface area (Å²) in [7, 11) is 2.22. The van der Waals surface area contributed by atoms with Gasteiger partial charge in [0.15, 0.2) is 0 Å². The van der Waals surface area contributed by atoms with Crippen LogP contribution in [0, 0.1) is 0 Å². The molecule has 100 valence electrons. The van der Waals surface area contributed by atoms with Crippen LogP contribution < -0.4 is 10.2 Å². The number of pyridine rings is 1. The van der Waals surface area contributed by atoms with Crippen molar-refractivity contribution < 1.29 is 0 Å². The van der Waals surface area contributed by atoms with Crippen LogP contribution in [0.25, 0.3) is 0 Å². The van der Waals surface area contributed by atoms with E-state index in [1.807, 2.05) is 6.20 Å². The molecule has 0 saturated heterocycles. The molecule has 1 aromatic heterocycles. The Bertz CT molecular complexity index is 359. The molecule has 1 N–H and O–H groups in total. The molecule has 0 atom stereocenters. The minimum atomic E-state index is 0.708. The lowest BCUT2D eigenvalue weighted by Gasteiger charge is -2.33. The van der Waals surface area contributed by atoms with Crippen LogP contribution in [0.5, 0.6) is 0 Å². The molecule has 1 aliphatic carbocycles. The zero-order valence-corrected chi connectivity index (χ0v) is 11.7. The summed E-state index contributed by atoms with van der Waals surface area (Å²) in [6, 6.07) is 5.00. The summed E-state index contributed by atoms with van der Waals surface area (Å²) in [4.78, 5) is 6.80. The maximum absolute atomic E-state index is 4.37. The number of hydrogen-bond donors (Lipinski definition) is 1. The number of rotatable bonds is 5. The molecule has 2 rings (SSSR count). The normalized spacial score (nSPS) is 16.6. The molecular formula is C15H25N3. The maximum Gasteiger partial charge on any atom is 0.127 e. The van der Waals surface area contributed by atoms with Crippen molar-refractivity contribution in [1.29, 1.82) is 0 Å². The average Bonchev–Trinajstić information content (AvgIpc) is 2.45. The van der Waals surface area contributed by atoms with Crippen LogP contribution in [-0.2, 0) is 0 Å². The third-order valence-corrected chi connectivity index (χ3v) is 3.83. The number of hydrogen-bond acceptors (Lipinski definition) is 3. The van der Waals surface area contributed by atoms with Gasteiger partial charge in [-0.05, 0) is 25.3 Å². The van der Waals surface area contributed by atoms with Gasteiger partial charge < -0.3 is 10.2 Å². The van der Waals surface area contributed by atoms with Gasteiger partial charge in [0.05, 0.1) is 0 Å². The Kier molecular flexibility index (Phi) is 4.85. The van der Waals surface area contributed by atoms with E-state index in [1.54, 1.807) is 0 Å². The fourth-order valence-electron chi connectivity index (χ4n) is 2.67. The third-order valence-electron chi connectivity index (χ3n) is 3.83. The maximum atomic E-state index is 4.37. The Morgan fingerprint density at radius 1 is 1.33 bits per heavy atom. The number of aromatic nitrogens is 1. The van der Waals surface area contributed by atoms with Crippen LogP contribution >= 0.6 is 0 Å². The van der Waals surface area contributed by atoms with E-state index in [2.05, 4.69) is 41.3 Å². The molecule has 3 heteroatoms. The van der Waals surface area contributed by atoms with E-state index < -0.39 is 0 Å². The first kappa shape index (κ1) is 13.2. The van der Waals surface area contributed by atoms with E-state index in [1.165, 1.54) is 37.8 Å². The summed E-state index contributed by atoms with van der Waals surface area (Å²) in [5.41, 5.74) is 1.29. The minimum absolute atomic E-state index is 0.708. The van der Waals surface area contributed by atoms with Crippen molar-refractivity contribution in [3.63, 3.8) is 0 Å². The molecule has 1 aliphatic rings. The van der Waals surface area contributed by atoms with Crippen molar-refractivity contribution in [3.8, 4) is 0 Å². The van der Waals surface area contributed by atoms with E-state index in [-0.39, 0.29) is 0 Å². The lowest BCUT2D eigenvalue weighted by atomic mass is 9.94. The molecule has 0 aliphatic heterocycles. The van der Waals surface area contributed by atoms with E-state index in [4.69, 9.17) is 0 Å². The fourth-order valence-corrected chi connectivity index (χ4v) is 2.67. The summed E-state index contributed by atoms with van der Waals surface area (Å²) in [6.07, 6.45) is 9.86. The Hall–Kier alpha value is -1.25. The summed E-state index contributed by atoms with van der Waals surface area (Å²) in [5, 5.41) is 3.35. The summed E-state index contributed by atoms with van der Waals surface area (Å²) < 4.78 is 0. The van der Waals surface area contributed by atoms with Crippen LogP contribution in [0.4, 0.5) is 11.5 Å². The van der Waals surface area contributed by atoms with Crippen LogP contribution in [0.15, 0.2) is 18.3 Å². The van der Waals surface area contributed by atoms with Gasteiger partial charge in [-0.25, -0.2) is 4.98 Å². The predicted molar refractivity (Wildman–Crippen MR) is 78.3 cm³/mol. The molecule has 0 radical (unpaired) electrons. The van der Waals surface area contributed by atoms with Crippen molar-refractivity contribution in [1.82, 2.24) is 4.98 Å². The Labute approximate surface area is 111 Å². The first-order chi connectivity index (χ1) is 8.81. The Morgan fingerprint density at radius 2 is 2.11 bits per heavy atom. The molecule has 1 fully saturated rings. The van der Waals surface area contributed by atoms with Crippen LogP contribution in [0.2, 0.25) is 0 Å². The Morgan fingerprint density at radius 3 is 2.83 bits per heavy atom. The third kappa shape index (κ3) is 3.37. The second kappa shape index (κ2) is 6.62. The monoisotopic (exact) mass is 247 g/mol. The Balaban J connectivity index is 2.02. The number of nitrogens with one attached hydrogen (secondary N) is 1. The van der Waals surface area contributed by atoms with Gasteiger partial charge in [-0.1, -0.05) is 26.2 Å². The molecule has 1 aromatic rings. The van der Waals surface area contributed by atoms with Crippen LogP contribution in [0.1, 0.15) is 45.4 Å². The van der Waals surface area contributed by atoms with Gasteiger partial charge in [-0.2, -0.15) is 0 Å². The van der Waals surface area contributed by atoms with E-state index in [0.717, 1.165) is 18.8 Å². The molecular weight excluding hydrogens is 222 g/mol. The van der Waals surface area contributed by atoms with E-state index in [9.17, 15) is 0 Å². The standard InChI is InChI=1S/C15H25N3/c1-3-10-16-15-12-14(9-11-17-15)18(2)13-7-5-4-6-8-13/h9,11-13H,3-8,10H2,1-2H3,(H,16,17). The van der Waals surface area contributed by atoms with Gasteiger partial charge in [-0.3, -0.25) is 0 Å². The quantitative estimate of drug-likeness (QED) is 0.860. The van der Waals surface area contributed by atoms with Gasteiger partial charge in [0.25, 0.3) is 0 Å². The highest BCUT2D eigenvalue weighted by Crippen LogP contribution is 2.26. The second-order valence-corrected chi connectivity index (χ2v) is 5.23. The molecule has 0 spiro atoms. The van der Waals surface area contributed by atoms with Gasteiger partial charge >= 0.3 is 0 Å². The lowest BCUT2D eigenvalue weighted by Crippen LogP contribution is -2.33. The molecule has 0 bridgehead atoms. The van der Waals surface area contributed by atoms with Crippen LogP contribution in [0.3, 0.4) is 0 Å². The zero-order chi connectivity index (χ0) is 12.8. The number of anilines is 2. The van der Waals surface area contributed by atoms with Crippen molar-refractivity contribution in [2.45, 2.75) is 51.5 Å². The molecule has 18 heavy (non-hydrogen) atoms. The SMILES string of the molecule is CCCNc1cc(N(C)C2CCCCC2)ccn1. The van der Waals surface area contributed by atoms with Crippen molar-refractivity contribution >= 4 is 11.5 Å². The smallest absolute Gasteiger partial charge is 0.127 e. The summed E-state index contributed by atoms with van der Waals surface area (Å²) in [5.74, 6) is 0.997. The molecule has 1 saturated carbocycles. The van der Waals surface area contributed by atoms with E-state index >= 15 is 0 Å². The lowest BCUT2D eigenvalue weighted by molar-refractivity contribution is 0.427. The van der Waals surface area contributed by atoms with Gasteiger partial charge in [0, 0.05) is 37.6 Å². The van der Waals surface area contributed by atoms with Crippen molar-refractivity contribution in [2.24, 2.45) is 0 Å². The fraction of sp³-hybridized carbons (Fsp3) is 0.667. The molecule has 3 nitrogen and oxygen atoms in total. The molecule has 0 amide bonds. The average molecular weight is 247 g/mol. The van der Waals surface area contributed by atoms with Gasteiger partial charge in [0.1, 0.15) is 5.82 Å². The van der Waals surface area contributed by atoms with Crippen molar-refractivity contribution in [2.75, 3.05) is 23.8 Å². The highest BCUT2D eigenvalue weighted by molar-refractivity contribution is 5.54. The van der Waals surface area contributed by atoms with Crippen LogP contribution in [-0.4, -0.2) is 24.6 Å². The molecule has 0 aromatic carbocycles. The molecule has 1 heterocycles. The van der Waals surface area contributed by atoms with Gasteiger partial charge in [-0.15, -0.1) is 0 Å². The predicted octanol–water partition coefficient (Wildman–Crippen LogP) is 3.67. The summed E-state index contributed by atoms with van der Waals surface area (Å²) in [6.45, 7) is 3.16. The first-order valence-corrected chi connectivity index (χ1v) is 7.24. The second-order valence-electron chi connectivity index (χ2n) is 5.23. The summed E-state index contributed by atoms with van der Waals surface area (Å²) >= 11 is 0. The van der Waals surface area contributed by atoms with E-state index in [0.29, 0.717) is 6.04 Å². The topological polar surface area (TPSA) is 28.2 Å². The first-order valence-electron chi connectivity index (χ1n) is 7.24. The highest BCUT2D eigenvalue weighted by Gasteiger charge is 2.18. The molecule has 0 unspecified atom stereocenters. The zero-order valence-electron chi connectivity index (χ0n) is 11.7. The highest BCUT2D eigenvalue weighted by atomic mass is 15.1. The number of nitrogens with zero attached hydrogens (tertiary/aromatic N) is 2. The minimum Gasteiger partial charge on any atom is -0.371 e. The largest absolute Gasteiger partial charge is 0.371 e.